The summed E-state index contributed by atoms with van der Waals surface area (Å²) >= 11 is 6.39. The van der Waals surface area contributed by atoms with Crippen LogP contribution < -0.4 is 4.72 Å². The van der Waals surface area contributed by atoms with Crippen molar-refractivity contribution in [2.75, 3.05) is 12.3 Å². The Hall–Kier alpha value is 0.440. The normalized spacial score (nSPS) is 21.6. The van der Waals surface area contributed by atoms with E-state index in [1.54, 1.807) is 12.1 Å². The van der Waals surface area contributed by atoms with Gasteiger partial charge >= 0.3 is 0 Å². The summed E-state index contributed by atoms with van der Waals surface area (Å²) in [5, 5.41) is 0.432. The molecule has 7 heteroatoms. The van der Waals surface area contributed by atoms with Crippen LogP contribution in [0.2, 0.25) is 0 Å². The summed E-state index contributed by atoms with van der Waals surface area (Å²) in [6.07, 6.45) is 3.58. The fraction of sp³-hybridized carbons (Fsp3) is 0.600. The molecule has 1 aliphatic heterocycles. The lowest BCUT2D eigenvalue weighted by atomic mass is 10.2. The SMILES string of the molecule is O=S(=O)(NCC1CCCCS1)c1ccc(Br)s1. The topological polar surface area (TPSA) is 46.2 Å². The highest BCUT2D eigenvalue weighted by atomic mass is 79.9. The lowest BCUT2D eigenvalue weighted by molar-refractivity contribution is 0.576. The van der Waals surface area contributed by atoms with E-state index >= 15 is 0 Å². The first-order valence-corrected chi connectivity index (χ1v) is 9.59. The quantitative estimate of drug-likeness (QED) is 0.902. The summed E-state index contributed by atoms with van der Waals surface area (Å²) in [4.78, 5) is 0. The molecule has 0 bridgehead atoms. The number of halogens is 1. The number of hydrogen-bond acceptors (Lipinski definition) is 4. The van der Waals surface area contributed by atoms with Crippen molar-refractivity contribution in [1.82, 2.24) is 4.72 Å². The Morgan fingerprint density at radius 3 is 2.82 bits per heavy atom. The summed E-state index contributed by atoms with van der Waals surface area (Å²) < 4.78 is 27.8. The predicted molar refractivity (Wildman–Crippen MR) is 77.3 cm³/mol. The van der Waals surface area contributed by atoms with E-state index in [0.29, 0.717) is 16.0 Å². The molecule has 2 rings (SSSR count). The van der Waals surface area contributed by atoms with E-state index in [9.17, 15) is 8.42 Å². The summed E-state index contributed by atoms with van der Waals surface area (Å²) in [5.41, 5.74) is 0. The molecule has 2 heterocycles. The van der Waals surface area contributed by atoms with Gasteiger partial charge in [0.15, 0.2) is 0 Å². The van der Waals surface area contributed by atoms with Crippen molar-refractivity contribution in [3.8, 4) is 0 Å². The van der Waals surface area contributed by atoms with Gasteiger partial charge in [0, 0.05) is 11.8 Å². The van der Waals surface area contributed by atoms with E-state index in [1.807, 2.05) is 11.8 Å². The standard InChI is InChI=1S/C10H14BrNO2S3/c11-9-4-5-10(16-9)17(13,14)12-7-8-3-1-2-6-15-8/h4-5,8,12H,1-3,6-7H2. The molecule has 1 N–H and O–H groups in total. The lowest BCUT2D eigenvalue weighted by Gasteiger charge is -2.21. The molecular weight excluding hydrogens is 342 g/mol. The van der Waals surface area contributed by atoms with Crippen LogP contribution >= 0.6 is 39.0 Å². The summed E-state index contributed by atoms with van der Waals surface area (Å²) in [6, 6.07) is 3.39. The first-order valence-electron chi connectivity index (χ1n) is 5.44. The Morgan fingerprint density at radius 2 is 2.24 bits per heavy atom. The minimum atomic E-state index is -3.31. The van der Waals surface area contributed by atoms with Crippen molar-refractivity contribution in [3.05, 3.63) is 15.9 Å². The molecule has 1 atom stereocenters. The van der Waals surface area contributed by atoms with Crippen LogP contribution in [-0.2, 0) is 10.0 Å². The van der Waals surface area contributed by atoms with E-state index in [0.717, 1.165) is 16.0 Å². The first kappa shape index (κ1) is 13.9. The van der Waals surface area contributed by atoms with Crippen molar-refractivity contribution < 1.29 is 8.42 Å². The number of hydrogen-bond donors (Lipinski definition) is 1. The molecule has 1 unspecified atom stereocenters. The van der Waals surface area contributed by atoms with Crippen LogP contribution in [0.1, 0.15) is 19.3 Å². The smallest absolute Gasteiger partial charge is 0.209 e. The predicted octanol–water partition coefficient (Wildman–Crippen LogP) is 3.07. The molecule has 17 heavy (non-hydrogen) atoms. The van der Waals surface area contributed by atoms with E-state index in [2.05, 4.69) is 20.7 Å². The van der Waals surface area contributed by atoms with Gasteiger partial charge in [-0.25, -0.2) is 13.1 Å². The van der Waals surface area contributed by atoms with Gasteiger partial charge in [0.25, 0.3) is 0 Å². The molecule has 0 aromatic carbocycles. The maximum atomic E-state index is 12.0. The van der Waals surface area contributed by atoms with Gasteiger partial charge in [-0.3, -0.25) is 0 Å². The lowest BCUT2D eigenvalue weighted by Crippen LogP contribution is -2.31. The fourth-order valence-electron chi connectivity index (χ4n) is 1.68. The number of thioether (sulfide) groups is 1. The highest BCUT2D eigenvalue weighted by Gasteiger charge is 2.20. The molecule has 0 amide bonds. The van der Waals surface area contributed by atoms with Crippen LogP contribution in [0.25, 0.3) is 0 Å². The Morgan fingerprint density at radius 1 is 1.41 bits per heavy atom. The summed E-state index contributed by atoms with van der Waals surface area (Å²) in [7, 11) is -3.31. The van der Waals surface area contributed by atoms with Crippen molar-refractivity contribution in [2.24, 2.45) is 0 Å². The third kappa shape index (κ3) is 3.96. The molecule has 1 aromatic rings. The van der Waals surface area contributed by atoms with Gasteiger partial charge < -0.3 is 0 Å². The molecule has 0 radical (unpaired) electrons. The molecule has 3 nitrogen and oxygen atoms in total. The van der Waals surface area contributed by atoms with Crippen molar-refractivity contribution in [1.29, 1.82) is 0 Å². The minimum absolute atomic E-state index is 0.380. The van der Waals surface area contributed by atoms with E-state index in [1.165, 1.54) is 24.2 Å². The summed E-state index contributed by atoms with van der Waals surface area (Å²) in [5.74, 6) is 1.15. The zero-order chi connectivity index (χ0) is 12.3. The third-order valence-corrected chi connectivity index (χ3v) is 7.53. The van der Waals surface area contributed by atoms with Crippen LogP contribution in [-0.4, -0.2) is 26.0 Å². The van der Waals surface area contributed by atoms with E-state index in [4.69, 9.17) is 0 Å². The molecule has 1 saturated heterocycles. The van der Waals surface area contributed by atoms with Crippen molar-refractivity contribution in [3.63, 3.8) is 0 Å². The van der Waals surface area contributed by atoms with Gasteiger partial charge in [-0.2, -0.15) is 11.8 Å². The van der Waals surface area contributed by atoms with Crippen molar-refractivity contribution >= 4 is 49.1 Å². The maximum Gasteiger partial charge on any atom is 0.250 e. The molecule has 1 aliphatic rings. The van der Waals surface area contributed by atoms with Gasteiger partial charge in [0.1, 0.15) is 4.21 Å². The van der Waals surface area contributed by atoms with Crippen LogP contribution in [0.5, 0.6) is 0 Å². The average molecular weight is 356 g/mol. The Balaban J connectivity index is 1.93. The zero-order valence-corrected chi connectivity index (χ0v) is 13.2. The number of sulfonamides is 1. The van der Waals surface area contributed by atoms with Crippen molar-refractivity contribution in [2.45, 2.75) is 28.7 Å². The number of thiophene rings is 1. The van der Waals surface area contributed by atoms with Gasteiger partial charge in [0.05, 0.1) is 3.79 Å². The number of nitrogens with one attached hydrogen (secondary N) is 1. The Labute approximate surface area is 119 Å². The second kappa shape index (κ2) is 6.06. The van der Waals surface area contributed by atoms with Crippen LogP contribution in [0.3, 0.4) is 0 Å². The van der Waals surface area contributed by atoms with Crippen LogP contribution in [0.4, 0.5) is 0 Å². The van der Waals surface area contributed by atoms with E-state index in [-0.39, 0.29) is 0 Å². The maximum absolute atomic E-state index is 12.0. The monoisotopic (exact) mass is 355 g/mol. The Kier molecular flexibility index (Phi) is 4.94. The van der Waals surface area contributed by atoms with E-state index < -0.39 is 10.0 Å². The Bertz CT molecular complexity index is 466. The minimum Gasteiger partial charge on any atom is -0.209 e. The first-order chi connectivity index (χ1) is 8.08. The molecule has 0 saturated carbocycles. The molecule has 1 fully saturated rings. The van der Waals surface area contributed by atoms with Gasteiger partial charge in [-0.1, -0.05) is 6.42 Å². The number of rotatable bonds is 4. The largest absolute Gasteiger partial charge is 0.250 e. The molecule has 96 valence electrons. The highest BCUT2D eigenvalue weighted by molar-refractivity contribution is 9.11. The second-order valence-corrected chi connectivity index (χ2v) is 9.76. The highest BCUT2D eigenvalue weighted by Crippen LogP contribution is 2.27. The second-order valence-electron chi connectivity index (χ2n) is 3.90. The molecule has 0 spiro atoms. The van der Waals surface area contributed by atoms with Gasteiger partial charge in [0.2, 0.25) is 10.0 Å². The third-order valence-electron chi connectivity index (χ3n) is 2.59. The molecule has 0 aliphatic carbocycles. The average Bonchev–Trinajstić information content (AvgIpc) is 2.76. The van der Waals surface area contributed by atoms with Gasteiger partial charge in [-0.15, -0.1) is 11.3 Å². The van der Waals surface area contributed by atoms with Crippen LogP contribution in [0.15, 0.2) is 20.1 Å². The molecular formula is C10H14BrNO2S3. The molecule has 1 aromatic heterocycles. The van der Waals surface area contributed by atoms with Crippen LogP contribution in [0, 0.1) is 0 Å². The zero-order valence-electron chi connectivity index (χ0n) is 9.19. The van der Waals surface area contributed by atoms with Gasteiger partial charge in [-0.05, 0) is 46.7 Å². The fourth-order valence-corrected chi connectivity index (χ4v) is 6.16. The summed E-state index contributed by atoms with van der Waals surface area (Å²) in [6.45, 7) is 0.544.